The maximum absolute atomic E-state index is 12.4. The summed E-state index contributed by atoms with van der Waals surface area (Å²) in [4.78, 5) is 28.9. The number of anilines is 1. The summed E-state index contributed by atoms with van der Waals surface area (Å²) in [5, 5.41) is 5.67. The Labute approximate surface area is 158 Å². The van der Waals surface area contributed by atoms with Gasteiger partial charge in [0.2, 0.25) is 0 Å². The Balaban J connectivity index is 1.67. The van der Waals surface area contributed by atoms with Crippen LogP contribution in [0, 0.1) is 13.8 Å². The first-order valence-corrected chi connectivity index (χ1v) is 8.69. The Morgan fingerprint density at radius 2 is 1.56 bits per heavy atom. The Bertz CT molecular complexity index is 965. The van der Waals surface area contributed by atoms with Gasteiger partial charge >= 0.3 is 0 Å². The molecule has 0 spiro atoms. The van der Waals surface area contributed by atoms with Gasteiger partial charge in [0, 0.05) is 24.6 Å². The topological polar surface area (TPSA) is 71.1 Å². The van der Waals surface area contributed by atoms with Crippen molar-refractivity contribution in [2.45, 2.75) is 20.4 Å². The van der Waals surface area contributed by atoms with Crippen LogP contribution in [0.4, 0.5) is 5.69 Å². The van der Waals surface area contributed by atoms with Gasteiger partial charge in [0.1, 0.15) is 0 Å². The molecule has 0 aliphatic carbocycles. The highest BCUT2D eigenvalue weighted by Crippen LogP contribution is 2.12. The fraction of sp³-hybridized carbons (Fsp3) is 0.136. The molecule has 0 aliphatic rings. The monoisotopic (exact) mass is 359 g/mol. The van der Waals surface area contributed by atoms with Crippen molar-refractivity contribution in [1.82, 2.24) is 10.3 Å². The Morgan fingerprint density at radius 1 is 0.889 bits per heavy atom. The van der Waals surface area contributed by atoms with Crippen LogP contribution in [-0.2, 0) is 6.54 Å². The van der Waals surface area contributed by atoms with Gasteiger partial charge in [-0.3, -0.25) is 14.6 Å². The van der Waals surface area contributed by atoms with Crippen molar-refractivity contribution in [2.75, 3.05) is 5.32 Å². The zero-order valence-corrected chi connectivity index (χ0v) is 15.3. The second kappa shape index (κ2) is 8.27. The number of nitrogens with zero attached hydrogens (tertiary/aromatic N) is 1. The summed E-state index contributed by atoms with van der Waals surface area (Å²) >= 11 is 0. The van der Waals surface area contributed by atoms with Crippen LogP contribution in [0.5, 0.6) is 0 Å². The molecule has 0 fully saturated rings. The molecule has 1 heterocycles. The second-order valence-corrected chi connectivity index (χ2v) is 6.39. The van der Waals surface area contributed by atoms with Gasteiger partial charge in [0.25, 0.3) is 11.8 Å². The van der Waals surface area contributed by atoms with Gasteiger partial charge in [0.15, 0.2) is 0 Å². The normalized spacial score (nSPS) is 10.3. The first-order valence-electron chi connectivity index (χ1n) is 8.69. The molecule has 3 rings (SSSR count). The molecule has 5 heteroatoms. The molecule has 0 radical (unpaired) electrons. The van der Waals surface area contributed by atoms with E-state index in [2.05, 4.69) is 15.6 Å². The van der Waals surface area contributed by atoms with Crippen molar-refractivity contribution in [3.63, 3.8) is 0 Å². The molecule has 3 aromatic rings. The van der Waals surface area contributed by atoms with Gasteiger partial charge in [-0.1, -0.05) is 42.0 Å². The number of hydrogen-bond donors (Lipinski definition) is 2. The standard InChI is InChI=1S/C22H21N3O2/c1-15-7-9-20(10-8-15)25-22(27)19-11-18(12-23-13-19)21(26)24-14-17-6-4-3-5-16(17)2/h3-13H,14H2,1-2H3,(H,24,26)(H,25,27). The second-order valence-electron chi connectivity index (χ2n) is 6.39. The van der Waals surface area contributed by atoms with Crippen molar-refractivity contribution >= 4 is 17.5 Å². The summed E-state index contributed by atoms with van der Waals surface area (Å²) in [6.45, 7) is 4.40. The molecule has 0 aliphatic heterocycles. The minimum absolute atomic E-state index is 0.268. The lowest BCUT2D eigenvalue weighted by Crippen LogP contribution is -2.24. The number of rotatable bonds is 5. The highest BCUT2D eigenvalue weighted by Gasteiger charge is 2.12. The minimum Gasteiger partial charge on any atom is -0.348 e. The van der Waals surface area contributed by atoms with Crippen LogP contribution in [0.25, 0.3) is 0 Å². The van der Waals surface area contributed by atoms with E-state index in [1.54, 1.807) is 6.07 Å². The fourth-order valence-electron chi connectivity index (χ4n) is 2.61. The van der Waals surface area contributed by atoms with Gasteiger partial charge in [-0.25, -0.2) is 0 Å². The molecule has 2 amide bonds. The van der Waals surface area contributed by atoms with E-state index in [0.29, 0.717) is 23.4 Å². The predicted molar refractivity (Wildman–Crippen MR) is 106 cm³/mol. The summed E-state index contributed by atoms with van der Waals surface area (Å²) in [5.41, 5.74) is 4.65. The summed E-state index contributed by atoms with van der Waals surface area (Å²) in [7, 11) is 0. The summed E-state index contributed by atoms with van der Waals surface area (Å²) in [5.74, 6) is -0.573. The molecule has 136 valence electrons. The number of carbonyl (C=O) groups is 2. The average molecular weight is 359 g/mol. The first-order chi connectivity index (χ1) is 13.0. The third-order valence-electron chi connectivity index (χ3n) is 4.27. The van der Waals surface area contributed by atoms with Crippen LogP contribution >= 0.6 is 0 Å². The maximum Gasteiger partial charge on any atom is 0.257 e. The van der Waals surface area contributed by atoms with E-state index in [-0.39, 0.29) is 11.8 Å². The molecule has 1 aromatic heterocycles. The number of amides is 2. The van der Waals surface area contributed by atoms with Crippen molar-refractivity contribution in [3.8, 4) is 0 Å². The lowest BCUT2D eigenvalue weighted by atomic mass is 10.1. The Hall–Kier alpha value is -3.47. The van der Waals surface area contributed by atoms with Crippen LogP contribution in [0.3, 0.4) is 0 Å². The van der Waals surface area contributed by atoms with Crippen molar-refractivity contribution < 1.29 is 9.59 Å². The molecule has 0 atom stereocenters. The van der Waals surface area contributed by atoms with E-state index in [9.17, 15) is 9.59 Å². The van der Waals surface area contributed by atoms with E-state index in [1.165, 1.54) is 12.4 Å². The molecule has 0 saturated heterocycles. The first kappa shape index (κ1) is 18.3. The number of nitrogens with one attached hydrogen (secondary N) is 2. The van der Waals surface area contributed by atoms with E-state index in [1.807, 2.05) is 62.4 Å². The van der Waals surface area contributed by atoms with Gasteiger partial charge in [-0.05, 0) is 43.2 Å². The van der Waals surface area contributed by atoms with Gasteiger partial charge in [-0.2, -0.15) is 0 Å². The lowest BCUT2D eigenvalue weighted by molar-refractivity contribution is 0.0950. The zero-order valence-electron chi connectivity index (χ0n) is 15.3. The maximum atomic E-state index is 12.4. The number of aromatic nitrogens is 1. The van der Waals surface area contributed by atoms with Crippen molar-refractivity contribution in [3.05, 3.63) is 94.8 Å². The number of pyridine rings is 1. The highest BCUT2D eigenvalue weighted by atomic mass is 16.2. The summed E-state index contributed by atoms with van der Waals surface area (Å²) < 4.78 is 0. The van der Waals surface area contributed by atoms with Gasteiger partial charge in [0.05, 0.1) is 11.1 Å². The number of aryl methyl sites for hydroxylation is 2. The Kier molecular flexibility index (Phi) is 5.61. The third-order valence-corrected chi connectivity index (χ3v) is 4.27. The van der Waals surface area contributed by atoms with E-state index < -0.39 is 0 Å². The SMILES string of the molecule is Cc1ccc(NC(=O)c2cncc(C(=O)NCc3ccccc3C)c2)cc1. The third kappa shape index (κ3) is 4.79. The lowest BCUT2D eigenvalue weighted by Gasteiger charge is -2.09. The van der Waals surface area contributed by atoms with Crippen LogP contribution in [-0.4, -0.2) is 16.8 Å². The van der Waals surface area contributed by atoms with Gasteiger partial charge < -0.3 is 10.6 Å². The minimum atomic E-state index is -0.306. The van der Waals surface area contributed by atoms with Crippen molar-refractivity contribution in [1.29, 1.82) is 0 Å². The molecular weight excluding hydrogens is 338 g/mol. The smallest absolute Gasteiger partial charge is 0.257 e. The largest absolute Gasteiger partial charge is 0.348 e. The quantitative estimate of drug-likeness (QED) is 0.726. The van der Waals surface area contributed by atoms with Crippen molar-refractivity contribution in [2.24, 2.45) is 0 Å². The number of carbonyl (C=O) groups excluding carboxylic acids is 2. The van der Waals surface area contributed by atoms with E-state index in [0.717, 1.165) is 16.7 Å². The molecule has 0 bridgehead atoms. The molecule has 2 N–H and O–H groups in total. The molecular formula is C22H21N3O2. The molecule has 0 unspecified atom stereocenters. The summed E-state index contributed by atoms with van der Waals surface area (Å²) in [6.07, 6.45) is 2.90. The van der Waals surface area contributed by atoms with Crippen LogP contribution in [0.15, 0.2) is 67.0 Å². The predicted octanol–water partition coefficient (Wildman–Crippen LogP) is 3.88. The number of benzene rings is 2. The fourth-order valence-corrected chi connectivity index (χ4v) is 2.61. The molecule has 27 heavy (non-hydrogen) atoms. The van der Waals surface area contributed by atoms with Crippen LogP contribution in [0.2, 0.25) is 0 Å². The van der Waals surface area contributed by atoms with E-state index in [4.69, 9.17) is 0 Å². The summed E-state index contributed by atoms with van der Waals surface area (Å²) in [6, 6.07) is 16.9. The van der Waals surface area contributed by atoms with Crippen LogP contribution < -0.4 is 10.6 Å². The zero-order chi connectivity index (χ0) is 19.2. The Morgan fingerprint density at radius 3 is 2.26 bits per heavy atom. The number of hydrogen-bond acceptors (Lipinski definition) is 3. The van der Waals surface area contributed by atoms with E-state index >= 15 is 0 Å². The molecule has 2 aromatic carbocycles. The van der Waals surface area contributed by atoms with Crippen LogP contribution in [0.1, 0.15) is 37.4 Å². The van der Waals surface area contributed by atoms with Gasteiger partial charge in [-0.15, -0.1) is 0 Å². The average Bonchev–Trinajstić information content (AvgIpc) is 2.69. The molecule has 0 saturated carbocycles. The highest BCUT2D eigenvalue weighted by molar-refractivity contribution is 6.05. The molecule has 5 nitrogen and oxygen atoms in total.